The van der Waals surface area contributed by atoms with Crippen LogP contribution >= 0.6 is 0 Å². The molecule has 8 nitrogen and oxygen atoms in total. The van der Waals surface area contributed by atoms with Crippen molar-refractivity contribution in [3.8, 4) is 0 Å². The Balaban J connectivity index is 1.98. The lowest BCUT2D eigenvalue weighted by Crippen LogP contribution is -2.50. The first-order valence-corrected chi connectivity index (χ1v) is 6.78. The van der Waals surface area contributed by atoms with E-state index in [0.717, 1.165) is 6.26 Å². The van der Waals surface area contributed by atoms with Gasteiger partial charge >= 0.3 is 5.97 Å². The molecule has 1 aromatic rings. The van der Waals surface area contributed by atoms with Gasteiger partial charge in [0.05, 0.1) is 24.4 Å². The van der Waals surface area contributed by atoms with E-state index >= 15 is 0 Å². The number of rotatable bonds is 4. The smallest absolute Gasteiger partial charge is 0.309 e. The number of sulfonamides is 1. The Morgan fingerprint density at radius 3 is 2.76 bits per heavy atom. The molecule has 94 valence electrons. The van der Waals surface area contributed by atoms with Crippen LogP contribution in [0.3, 0.4) is 0 Å². The Labute approximate surface area is 97.9 Å². The number of nitrogens with zero attached hydrogens (tertiary/aromatic N) is 4. The van der Waals surface area contributed by atoms with Crippen LogP contribution in [0.1, 0.15) is 11.7 Å². The summed E-state index contributed by atoms with van der Waals surface area (Å²) in [5, 5.41) is 16.1. The monoisotopic (exact) mass is 260 g/mol. The van der Waals surface area contributed by atoms with E-state index in [9.17, 15) is 13.2 Å². The first kappa shape index (κ1) is 12.0. The third-order valence-corrected chi connectivity index (χ3v) is 3.80. The van der Waals surface area contributed by atoms with Crippen molar-refractivity contribution in [3.05, 3.63) is 11.9 Å². The molecule has 1 aliphatic rings. The van der Waals surface area contributed by atoms with E-state index in [-0.39, 0.29) is 12.5 Å². The Morgan fingerprint density at radius 1 is 1.59 bits per heavy atom. The highest BCUT2D eigenvalue weighted by molar-refractivity contribution is 7.88. The van der Waals surface area contributed by atoms with Gasteiger partial charge in [0.2, 0.25) is 10.0 Å². The van der Waals surface area contributed by atoms with Crippen molar-refractivity contribution in [1.82, 2.24) is 19.3 Å². The summed E-state index contributed by atoms with van der Waals surface area (Å²) in [6.07, 6.45) is 2.52. The van der Waals surface area contributed by atoms with Crippen LogP contribution in [0.5, 0.6) is 0 Å². The van der Waals surface area contributed by atoms with Crippen molar-refractivity contribution in [2.75, 3.05) is 19.3 Å². The fourth-order valence-corrected chi connectivity index (χ4v) is 2.47. The summed E-state index contributed by atoms with van der Waals surface area (Å²) in [6, 6.07) is -0.0558. The summed E-state index contributed by atoms with van der Waals surface area (Å²) >= 11 is 0. The molecule has 17 heavy (non-hydrogen) atoms. The molecule has 0 aromatic carbocycles. The summed E-state index contributed by atoms with van der Waals surface area (Å²) < 4.78 is 25.1. The van der Waals surface area contributed by atoms with Crippen molar-refractivity contribution in [1.29, 1.82) is 0 Å². The van der Waals surface area contributed by atoms with Gasteiger partial charge in [-0.1, -0.05) is 5.21 Å². The maximum Gasteiger partial charge on any atom is 0.309 e. The predicted molar refractivity (Wildman–Crippen MR) is 56.8 cm³/mol. The lowest BCUT2D eigenvalue weighted by molar-refractivity contribution is -0.136. The fourth-order valence-electron chi connectivity index (χ4n) is 1.58. The Morgan fingerprint density at radius 2 is 2.24 bits per heavy atom. The molecule has 0 radical (unpaired) electrons. The van der Waals surface area contributed by atoms with Crippen molar-refractivity contribution < 1.29 is 18.3 Å². The number of carboxylic acids is 1. The average molecular weight is 260 g/mol. The SMILES string of the molecule is CS(=O)(=O)N1CC(n2cc(CC(=O)O)nn2)C1. The molecule has 1 aromatic heterocycles. The van der Waals surface area contributed by atoms with E-state index < -0.39 is 16.0 Å². The van der Waals surface area contributed by atoms with E-state index in [4.69, 9.17) is 5.11 Å². The van der Waals surface area contributed by atoms with E-state index in [2.05, 4.69) is 10.3 Å². The largest absolute Gasteiger partial charge is 0.481 e. The van der Waals surface area contributed by atoms with E-state index in [1.54, 1.807) is 6.20 Å². The normalized spacial score (nSPS) is 17.9. The van der Waals surface area contributed by atoms with E-state index in [1.165, 1.54) is 8.99 Å². The fraction of sp³-hybridized carbons (Fsp3) is 0.625. The first-order chi connectivity index (χ1) is 7.86. The lowest BCUT2D eigenvalue weighted by Gasteiger charge is -2.36. The number of carbonyl (C=O) groups is 1. The van der Waals surface area contributed by atoms with Crippen molar-refractivity contribution >= 4 is 16.0 Å². The first-order valence-electron chi connectivity index (χ1n) is 4.94. The van der Waals surface area contributed by atoms with Crippen LogP contribution < -0.4 is 0 Å². The van der Waals surface area contributed by atoms with Gasteiger partial charge in [0, 0.05) is 19.3 Å². The van der Waals surface area contributed by atoms with Crippen molar-refractivity contribution in [3.63, 3.8) is 0 Å². The number of carboxylic acid groups (broad SMARTS) is 1. The second-order valence-corrected chi connectivity index (χ2v) is 5.98. The molecule has 0 atom stereocenters. The van der Waals surface area contributed by atoms with Crippen LogP contribution in [0.4, 0.5) is 0 Å². The summed E-state index contributed by atoms with van der Waals surface area (Å²) in [5.74, 6) is -0.969. The van der Waals surface area contributed by atoms with Gasteiger partial charge in [-0.2, -0.15) is 4.31 Å². The maximum absolute atomic E-state index is 11.1. The third kappa shape index (κ3) is 2.61. The molecule has 2 rings (SSSR count). The molecular weight excluding hydrogens is 248 g/mol. The van der Waals surface area contributed by atoms with Crippen LogP contribution in [0, 0.1) is 0 Å². The highest BCUT2D eigenvalue weighted by Gasteiger charge is 2.35. The van der Waals surface area contributed by atoms with Gasteiger partial charge in [-0.15, -0.1) is 5.10 Å². The molecule has 0 amide bonds. The minimum Gasteiger partial charge on any atom is -0.481 e. The Bertz CT molecular complexity index is 531. The van der Waals surface area contributed by atoms with Crippen molar-refractivity contribution in [2.45, 2.75) is 12.5 Å². The zero-order valence-electron chi connectivity index (χ0n) is 9.15. The molecular formula is C8H12N4O4S. The van der Waals surface area contributed by atoms with Gasteiger partial charge < -0.3 is 5.11 Å². The average Bonchev–Trinajstić information content (AvgIpc) is 2.45. The van der Waals surface area contributed by atoms with Gasteiger partial charge in [0.25, 0.3) is 0 Å². The zero-order valence-corrected chi connectivity index (χ0v) is 9.96. The molecule has 1 N–H and O–H groups in total. The molecule has 2 heterocycles. The number of aromatic nitrogens is 3. The molecule has 1 aliphatic heterocycles. The van der Waals surface area contributed by atoms with Crippen LogP contribution in [0.25, 0.3) is 0 Å². The third-order valence-electron chi connectivity index (χ3n) is 2.56. The van der Waals surface area contributed by atoms with Gasteiger partial charge in [0.1, 0.15) is 0 Å². The van der Waals surface area contributed by atoms with Gasteiger partial charge in [-0.05, 0) is 0 Å². The summed E-state index contributed by atoms with van der Waals surface area (Å²) in [7, 11) is -3.14. The standard InChI is InChI=1S/C8H12N4O4S/c1-17(15,16)11-4-7(5-11)12-3-6(9-10-12)2-8(13)14/h3,7H,2,4-5H2,1H3,(H,13,14). The summed E-state index contributed by atoms with van der Waals surface area (Å²) in [5.41, 5.74) is 0.371. The molecule has 1 saturated heterocycles. The van der Waals surface area contributed by atoms with Crippen LogP contribution in [0.15, 0.2) is 6.20 Å². The Kier molecular flexibility index (Phi) is 2.87. The maximum atomic E-state index is 11.1. The molecule has 0 spiro atoms. The van der Waals surface area contributed by atoms with Crippen LogP contribution in [0.2, 0.25) is 0 Å². The topological polar surface area (TPSA) is 105 Å². The van der Waals surface area contributed by atoms with E-state index in [1.807, 2.05) is 0 Å². The zero-order chi connectivity index (χ0) is 12.6. The lowest BCUT2D eigenvalue weighted by atomic mass is 10.2. The van der Waals surface area contributed by atoms with Crippen LogP contribution in [-0.2, 0) is 21.2 Å². The number of hydrogen-bond donors (Lipinski definition) is 1. The second-order valence-electron chi connectivity index (χ2n) is 3.99. The second kappa shape index (κ2) is 4.08. The Hall–Kier alpha value is -1.48. The number of hydrogen-bond acceptors (Lipinski definition) is 5. The molecule has 0 saturated carbocycles. The molecule has 0 unspecified atom stereocenters. The summed E-state index contributed by atoms with van der Waals surface area (Å²) in [4.78, 5) is 10.5. The quantitative estimate of drug-likeness (QED) is 0.723. The van der Waals surface area contributed by atoms with E-state index in [0.29, 0.717) is 18.8 Å². The highest BCUT2D eigenvalue weighted by Crippen LogP contribution is 2.22. The number of aliphatic carboxylic acids is 1. The molecule has 1 fully saturated rings. The minimum absolute atomic E-state index is 0.0558. The van der Waals surface area contributed by atoms with Gasteiger partial charge in [-0.25, -0.2) is 13.1 Å². The van der Waals surface area contributed by atoms with Gasteiger partial charge in [0.15, 0.2) is 0 Å². The molecule has 9 heteroatoms. The van der Waals surface area contributed by atoms with Crippen molar-refractivity contribution in [2.24, 2.45) is 0 Å². The minimum atomic E-state index is -3.14. The molecule has 0 aliphatic carbocycles. The van der Waals surface area contributed by atoms with Crippen LogP contribution in [-0.4, -0.2) is 58.1 Å². The van der Waals surface area contributed by atoms with Gasteiger partial charge in [-0.3, -0.25) is 4.79 Å². The molecule has 0 bridgehead atoms. The predicted octanol–water partition coefficient (Wildman–Crippen LogP) is -1.28. The summed E-state index contributed by atoms with van der Waals surface area (Å²) in [6.45, 7) is 0.712. The highest BCUT2D eigenvalue weighted by atomic mass is 32.2.